The Kier molecular flexibility index (Phi) is 4.55. The minimum Gasteiger partial charge on any atom is -0.310 e. The van der Waals surface area contributed by atoms with E-state index >= 15 is 0 Å². The van der Waals surface area contributed by atoms with Crippen LogP contribution in [0.15, 0.2) is 24.4 Å². The van der Waals surface area contributed by atoms with Crippen LogP contribution in [0.25, 0.3) is 5.69 Å². The van der Waals surface area contributed by atoms with Gasteiger partial charge in [0.1, 0.15) is 5.82 Å². The van der Waals surface area contributed by atoms with Crippen LogP contribution in [0.3, 0.4) is 0 Å². The van der Waals surface area contributed by atoms with Gasteiger partial charge in [-0.3, -0.25) is 0 Å². The van der Waals surface area contributed by atoms with Crippen molar-refractivity contribution in [3.63, 3.8) is 0 Å². The molecule has 1 heterocycles. The van der Waals surface area contributed by atoms with Crippen molar-refractivity contribution in [2.24, 2.45) is 0 Å². The second-order valence-electron chi connectivity index (χ2n) is 5.20. The first-order valence-electron chi connectivity index (χ1n) is 7.09. The molecule has 0 aliphatic rings. The third-order valence-electron chi connectivity index (χ3n) is 3.60. The van der Waals surface area contributed by atoms with Crippen LogP contribution in [-0.4, -0.2) is 16.3 Å². The Bertz CT molecular complexity index is 589. The van der Waals surface area contributed by atoms with E-state index in [1.807, 2.05) is 17.8 Å². The van der Waals surface area contributed by atoms with Crippen LogP contribution >= 0.6 is 0 Å². The maximum Gasteiger partial charge on any atom is 0.123 e. The predicted octanol–water partition coefficient (Wildman–Crippen LogP) is 3.69. The van der Waals surface area contributed by atoms with Gasteiger partial charge >= 0.3 is 0 Å². The zero-order valence-electron chi connectivity index (χ0n) is 12.6. The second kappa shape index (κ2) is 6.18. The van der Waals surface area contributed by atoms with Crippen LogP contribution < -0.4 is 5.32 Å². The van der Waals surface area contributed by atoms with E-state index in [9.17, 15) is 4.39 Å². The highest BCUT2D eigenvalue weighted by Gasteiger charge is 2.14. The minimum absolute atomic E-state index is 0.214. The molecule has 0 bridgehead atoms. The molecular weight excluding hydrogens is 253 g/mol. The number of halogens is 1. The van der Waals surface area contributed by atoms with E-state index in [1.54, 1.807) is 6.07 Å². The molecule has 0 amide bonds. The standard InChI is InChI=1S/C16H22FN3/c1-5-8-18-12(3)15-10-19-20(13(15)4)16-7-6-14(17)9-11(16)2/h6-7,9-10,12,18H,5,8H2,1-4H3. The van der Waals surface area contributed by atoms with Gasteiger partial charge in [-0.2, -0.15) is 5.10 Å². The molecule has 4 heteroatoms. The third kappa shape index (κ3) is 2.90. The Morgan fingerprint density at radius 3 is 2.75 bits per heavy atom. The lowest BCUT2D eigenvalue weighted by molar-refractivity contribution is 0.568. The number of benzene rings is 1. The van der Waals surface area contributed by atoms with E-state index in [-0.39, 0.29) is 11.9 Å². The first kappa shape index (κ1) is 14.7. The summed E-state index contributed by atoms with van der Waals surface area (Å²) in [5, 5.41) is 7.92. The minimum atomic E-state index is -0.214. The van der Waals surface area contributed by atoms with E-state index in [4.69, 9.17) is 0 Å². The number of nitrogens with one attached hydrogen (secondary N) is 1. The van der Waals surface area contributed by atoms with Crippen molar-refractivity contribution < 1.29 is 4.39 Å². The summed E-state index contributed by atoms with van der Waals surface area (Å²) < 4.78 is 15.1. The average Bonchev–Trinajstić information content (AvgIpc) is 2.78. The van der Waals surface area contributed by atoms with E-state index in [1.165, 1.54) is 17.7 Å². The highest BCUT2D eigenvalue weighted by atomic mass is 19.1. The van der Waals surface area contributed by atoms with Crippen LogP contribution in [0.4, 0.5) is 4.39 Å². The van der Waals surface area contributed by atoms with E-state index in [2.05, 4.69) is 31.2 Å². The molecule has 20 heavy (non-hydrogen) atoms. The molecule has 1 aromatic carbocycles. The Labute approximate surface area is 119 Å². The van der Waals surface area contributed by atoms with Gasteiger partial charge in [-0.1, -0.05) is 6.92 Å². The Hall–Kier alpha value is -1.68. The van der Waals surface area contributed by atoms with Gasteiger partial charge < -0.3 is 5.32 Å². The molecular formula is C16H22FN3. The van der Waals surface area contributed by atoms with E-state index in [0.717, 1.165) is 29.9 Å². The van der Waals surface area contributed by atoms with Crippen LogP contribution in [0.5, 0.6) is 0 Å². The summed E-state index contributed by atoms with van der Waals surface area (Å²) in [7, 11) is 0. The molecule has 1 atom stereocenters. The summed E-state index contributed by atoms with van der Waals surface area (Å²) >= 11 is 0. The zero-order chi connectivity index (χ0) is 14.7. The van der Waals surface area contributed by atoms with Crippen molar-refractivity contribution in [3.05, 3.63) is 47.0 Å². The van der Waals surface area contributed by atoms with Crippen LogP contribution in [0.1, 0.15) is 43.1 Å². The van der Waals surface area contributed by atoms with Crippen LogP contribution in [0, 0.1) is 19.7 Å². The lowest BCUT2D eigenvalue weighted by Gasteiger charge is -2.14. The van der Waals surface area contributed by atoms with Gasteiger partial charge in [-0.15, -0.1) is 0 Å². The van der Waals surface area contributed by atoms with Gasteiger partial charge in [0.2, 0.25) is 0 Å². The molecule has 1 N–H and O–H groups in total. The van der Waals surface area contributed by atoms with Gasteiger partial charge in [0, 0.05) is 17.3 Å². The first-order chi connectivity index (χ1) is 9.54. The molecule has 3 nitrogen and oxygen atoms in total. The van der Waals surface area contributed by atoms with Crippen molar-refractivity contribution in [2.75, 3.05) is 6.54 Å². The fourth-order valence-corrected chi connectivity index (χ4v) is 2.42. The van der Waals surface area contributed by atoms with Gasteiger partial charge in [0.25, 0.3) is 0 Å². The summed E-state index contributed by atoms with van der Waals surface area (Å²) in [6.07, 6.45) is 3.00. The predicted molar refractivity (Wildman–Crippen MR) is 79.7 cm³/mol. The van der Waals surface area contributed by atoms with Crippen LogP contribution in [-0.2, 0) is 0 Å². The Morgan fingerprint density at radius 2 is 2.10 bits per heavy atom. The van der Waals surface area contributed by atoms with Crippen molar-refractivity contribution in [2.45, 2.75) is 40.2 Å². The van der Waals surface area contributed by atoms with Gasteiger partial charge in [0.05, 0.1) is 11.9 Å². The summed E-state index contributed by atoms with van der Waals surface area (Å²) in [5.41, 5.74) is 4.09. The summed E-state index contributed by atoms with van der Waals surface area (Å²) in [4.78, 5) is 0. The quantitative estimate of drug-likeness (QED) is 0.902. The highest BCUT2D eigenvalue weighted by Crippen LogP contribution is 2.22. The fourth-order valence-electron chi connectivity index (χ4n) is 2.42. The molecule has 0 spiro atoms. The number of hydrogen-bond acceptors (Lipinski definition) is 2. The van der Waals surface area contributed by atoms with Crippen molar-refractivity contribution in [3.8, 4) is 5.69 Å². The van der Waals surface area contributed by atoms with Crippen molar-refractivity contribution >= 4 is 0 Å². The van der Waals surface area contributed by atoms with Gasteiger partial charge in [0.15, 0.2) is 0 Å². The SMILES string of the molecule is CCCNC(C)c1cnn(-c2ccc(F)cc2C)c1C. The lowest BCUT2D eigenvalue weighted by atomic mass is 10.1. The smallest absolute Gasteiger partial charge is 0.123 e. The molecule has 0 saturated heterocycles. The van der Waals surface area contributed by atoms with Crippen molar-refractivity contribution in [1.82, 2.24) is 15.1 Å². The number of rotatable bonds is 5. The maximum absolute atomic E-state index is 13.2. The molecule has 2 rings (SSSR count). The van der Waals surface area contributed by atoms with Gasteiger partial charge in [-0.25, -0.2) is 9.07 Å². The molecule has 0 radical (unpaired) electrons. The fraction of sp³-hybridized carbons (Fsp3) is 0.438. The normalized spacial score (nSPS) is 12.7. The zero-order valence-corrected chi connectivity index (χ0v) is 12.6. The first-order valence-corrected chi connectivity index (χ1v) is 7.09. The molecule has 0 aliphatic heterocycles. The number of aryl methyl sites for hydroxylation is 1. The third-order valence-corrected chi connectivity index (χ3v) is 3.60. The average molecular weight is 275 g/mol. The molecule has 1 aromatic heterocycles. The molecule has 1 unspecified atom stereocenters. The number of hydrogen-bond donors (Lipinski definition) is 1. The largest absolute Gasteiger partial charge is 0.310 e. The molecule has 2 aromatic rings. The second-order valence-corrected chi connectivity index (χ2v) is 5.20. The lowest BCUT2D eigenvalue weighted by Crippen LogP contribution is -2.19. The summed E-state index contributed by atoms with van der Waals surface area (Å²) in [5.74, 6) is -0.214. The highest BCUT2D eigenvalue weighted by molar-refractivity contribution is 5.42. The maximum atomic E-state index is 13.2. The number of aromatic nitrogens is 2. The number of nitrogens with zero attached hydrogens (tertiary/aromatic N) is 2. The molecule has 0 saturated carbocycles. The van der Waals surface area contributed by atoms with Crippen molar-refractivity contribution in [1.29, 1.82) is 0 Å². The van der Waals surface area contributed by atoms with E-state index < -0.39 is 0 Å². The molecule has 108 valence electrons. The monoisotopic (exact) mass is 275 g/mol. The van der Waals surface area contributed by atoms with Gasteiger partial charge in [-0.05, 0) is 57.5 Å². The molecule has 0 aliphatic carbocycles. The Morgan fingerprint density at radius 1 is 1.35 bits per heavy atom. The summed E-state index contributed by atoms with van der Waals surface area (Å²) in [6.45, 7) is 9.23. The topological polar surface area (TPSA) is 29.9 Å². The Balaban J connectivity index is 2.33. The van der Waals surface area contributed by atoms with E-state index in [0.29, 0.717) is 0 Å². The molecule has 0 fully saturated rings. The van der Waals surface area contributed by atoms with Crippen LogP contribution in [0.2, 0.25) is 0 Å². The summed E-state index contributed by atoms with van der Waals surface area (Å²) in [6, 6.07) is 5.06.